The molecule has 1 aromatic heterocycles. The van der Waals surface area contributed by atoms with Gasteiger partial charge in [-0.3, -0.25) is 10.1 Å². The van der Waals surface area contributed by atoms with E-state index in [0.29, 0.717) is 6.54 Å². The van der Waals surface area contributed by atoms with E-state index in [1.54, 1.807) is 18.4 Å². The highest BCUT2D eigenvalue weighted by molar-refractivity contribution is 7.10. The molecule has 0 radical (unpaired) electrons. The molecule has 0 saturated carbocycles. The lowest BCUT2D eigenvalue weighted by atomic mass is 10.0. The summed E-state index contributed by atoms with van der Waals surface area (Å²) in [6, 6.07) is 20.4. The van der Waals surface area contributed by atoms with Crippen LogP contribution in [0.25, 0.3) is 0 Å². The van der Waals surface area contributed by atoms with Crippen LogP contribution in [0.5, 0.6) is 5.75 Å². The minimum absolute atomic E-state index is 0.00270. The number of rotatable bonds is 9. The number of amides is 1. The van der Waals surface area contributed by atoms with Crippen LogP contribution in [0.1, 0.15) is 34.5 Å². The molecule has 0 saturated heterocycles. The minimum atomic E-state index is -0.0439. The molecule has 28 heavy (non-hydrogen) atoms. The highest BCUT2D eigenvalue weighted by Crippen LogP contribution is 2.26. The highest BCUT2D eigenvalue weighted by atomic mass is 32.1. The maximum absolute atomic E-state index is 12.4. The second kappa shape index (κ2) is 10.1. The van der Waals surface area contributed by atoms with Gasteiger partial charge in [0, 0.05) is 17.0 Å². The molecule has 5 heteroatoms. The van der Waals surface area contributed by atoms with E-state index in [4.69, 9.17) is 4.74 Å². The van der Waals surface area contributed by atoms with Gasteiger partial charge in [-0.2, -0.15) is 0 Å². The minimum Gasteiger partial charge on any atom is -0.496 e. The van der Waals surface area contributed by atoms with E-state index in [0.717, 1.165) is 23.3 Å². The zero-order valence-electron chi connectivity index (χ0n) is 16.3. The summed E-state index contributed by atoms with van der Waals surface area (Å²) in [4.78, 5) is 13.6. The van der Waals surface area contributed by atoms with E-state index in [1.165, 1.54) is 10.4 Å². The Morgan fingerprint density at radius 1 is 1.07 bits per heavy atom. The van der Waals surface area contributed by atoms with Crippen LogP contribution in [0.3, 0.4) is 0 Å². The first-order valence-corrected chi connectivity index (χ1v) is 10.3. The number of hydrogen-bond donors (Lipinski definition) is 2. The Hall–Kier alpha value is -2.63. The van der Waals surface area contributed by atoms with E-state index >= 15 is 0 Å². The van der Waals surface area contributed by atoms with Gasteiger partial charge in [-0.25, -0.2) is 0 Å². The molecule has 0 aliphatic carbocycles. The van der Waals surface area contributed by atoms with Gasteiger partial charge in [-0.1, -0.05) is 55.5 Å². The largest absolute Gasteiger partial charge is 0.496 e. The fourth-order valence-electron chi connectivity index (χ4n) is 3.08. The highest BCUT2D eigenvalue weighted by Gasteiger charge is 2.16. The molecule has 0 unspecified atom stereocenters. The van der Waals surface area contributed by atoms with Gasteiger partial charge in [0.25, 0.3) is 0 Å². The topological polar surface area (TPSA) is 50.4 Å². The number of benzene rings is 2. The number of methoxy groups -OCH3 is 1. The number of nitrogens with one attached hydrogen (secondary N) is 2. The van der Waals surface area contributed by atoms with Gasteiger partial charge in [0.05, 0.1) is 19.7 Å². The van der Waals surface area contributed by atoms with Crippen LogP contribution in [-0.2, 0) is 17.8 Å². The fraction of sp³-hybridized carbons (Fsp3) is 0.261. The summed E-state index contributed by atoms with van der Waals surface area (Å²) in [5, 5.41) is 8.44. The van der Waals surface area contributed by atoms with Crippen LogP contribution in [0.15, 0.2) is 66.0 Å². The van der Waals surface area contributed by atoms with E-state index in [-0.39, 0.29) is 18.5 Å². The Morgan fingerprint density at radius 2 is 1.86 bits per heavy atom. The van der Waals surface area contributed by atoms with Crippen LogP contribution in [0.2, 0.25) is 0 Å². The van der Waals surface area contributed by atoms with Gasteiger partial charge in [-0.05, 0) is 35.1 Å². The van der Waals surface area contributed by atoms with Crippen molar-refractivity contribution in [2.24, 2.45) is 0 Å². The second-order valence-corrected chi connectivity index (χ2v) is 7.49. The van der Waals surface area contributed by atoms with E-state index in [9.17, 15) is 4.79 Å². The maximum atomic E-state index is 12.4. The summed E-state index contributed by atoms with van der Waals surface area (Å²) in [7, 11) is 1.64. The van der Waals surface area contributed by atoms with Crippen molar-refractivity contribution < 1.29 is 9.53 Å². The zero-order valence-corrected chi connectivity index (χ0v) is 17.1. The lowest BCUT2D eigenvalue weighted by Crippen LogP contribution is -2.35. The predicted octanol–water partition coefficient (Wildman–Crippen LogP) is 4.31. The number of carbonyl (C=O) groups excluding carboxylic acids is 1. The first kappa shape index (κ1) is 20.1. The molecule has 3 rings (SSSR count). The summed E-state index contributed by atoms with van der Waals surface area (Å²) < 4.78 is 5.34. The summed E-state index contributed by atoms with van der Waals surface area (Å²) >= 11 is 1.69. The van der Waals surface area contributed by atoms with Gasteiger partial charge in [-0.15, -0.1) is 11.3 Å². The third-order valence-corrected chi connectivity index (χ3v) is 5.62. The summed E-state index contributed by atoms with van der Waals surface area (Å²) in [5.74, 6) is 0.737. The Bertz CT molecular complexity index is 876. The average molecular weight is 395 g/mol. The molecule has 0 spiro atoms. The van der Waals surface area contributed by atoms with Crippen molar-refractivity contribution in [2.45, 2.75) is 25.9 Å². The van der Waals surface area contributed by atoms with Crippen molar-refractivity contribution >= 4 is 17.2 Å². The number of thiophene rings is 1. The number of carbonyl (C=O) groups is 1. The van der Waals surface area contributed by atoms with Gasteiger partial charge in [0.2, 0.25) is 5.91 Å². The molecule has 0 aliphatic heterocycles. The number of aryl methyl sites for hydroxylation is 1. The molecule has 0 bridgehead atoms. The van der Waals surface area contributed by atoms with Crippen molar-refractivity contribution in [1.82, 2.24) is 10.6 Å². The van der Waals surface area contributed by atoms with Crippen molar-refractivity contribution in [3.05, 3.63) is 87.6 Å². The molecule has 2 aromatic carbocycles. The van der Waals surface area contributed by atoms with Gasteiger partial charge < -0.3 is 10.1 Å². The lowest BCUT2D eigenvalue weighted by molar-refractivity contribution is -0.120. The Morgan fingerprint density at radius 3 is 2.54 bits per heavy atom. The van der Waals surface area contributed by atoms with Crippen molar-refractivity contribution in [3.8, 4) is 5.75 Å². The smallest absolute Gasteiger partial charge is 0.234 e. The molecule has 3 aromatic rings. The molecule has 4 nitrogen and oxygen atoms in total. The first-order chi connectivity index (χ1) is 13.7. The molecular weight excluding hydrogens is 368 g/mol. The van der Waals surface area contributed by atoms with Gasteiger partial charge >= 0.3 is 0 Å². The molecule has 1 atom stereocenters. The quantitative estimate of drug-likeness (QED) is 0.568. The molecule has 146 valence electrons. The predicted molar refractivity (Wildman–Crippen MR) is 115 cm³/mol. The fourth-order valence-corrected chi connectivity index (χ4v) is 3.91. The standard InChI is InChI=1S/C23H26N2O2S/c1-3-17-10-12-18(13-11-17)23(21-9-6-14-28-21)25-16-22(26)24-15-19-7-4-5-8-20(19)27-2/h4-14,23,25H,3,15-16H2,1-2H3,(H,24,26)/t23-/m0/s1. The number of para-hydroxylation sites is 1. The Labute approximate surface area is 170 Å². The Kier molecular flexibility index (Phi) is 7.23. The Balaban J connectivity index is 1.62. The SMILES string of the molecule is CCc1ccc([C@H](NCC(=O)NCc2ccccc2OC)c2cccs2)cc1. The zero-order chi connectivity index (χ0) is 19.8. The number of hydrogen-bond acceptors (Lipinski definition) is 4. The molecule has 1 heterocycles. The normalized spacial score (nSPS) is 11.8. The van der Waals surface area contributed by atoms with Crippen LogP contribution in [0, 0.1) is 0 Å². The van der Waals surface area contributed by atoms with Crippen molar-refractivity contribution in [2.75, 3.05) is 13.7 Å². The maximum Gasteiger partial charge on any atom is 0.234 e. The second-order valence-electron chi connectivity index (χ2n) is 6.51. The molecule has 1 amide bonds. The van der Waals surface area contributed by atoms with Crippen LogP contribution in [-0.4, -0.2) is 19.6 Å². The summed E-state index contributed by atoms with van der Waals surface area (Å²) in [5.41, 5.74) is 3.43. The van der Waals surface area contributed by atoms with Gasteiger partial charge in [0.1, 0.15) is 5.75 Å². The van der Waals surface area contributed by atoms with Crippen LogP contribution >= 0.6 is 11.3 Å². The summed E-state index contributed by atoms with van der Waals surface area (Å²) in [6.45, 7) is 2.84. The molecule has 2 N–H and O–H groups in total. The molecular formula is C23H26N2O2S. The molecule has 0 aliphatic rings. The first-order valence-electron chi connectivity index (χ1n) is 9.45. The van der Waals surface area contributed by atoms with Crippen molar-refractivity contribution in [1.29, 1.82) is 0 Å². The van der Waals surface area contributed by atoms with Gasteiger partial charge in [0.15, 0.2) is 0 Å². The summed E-state index contributed by atoms with van der Waals surface area (Å²) in [6.07, 6.45) is 1.02. The van der Waals surface area contributed by atoms with E-state index < -0.39 is 0 Å². The van der Waals surface area contributed by atoms with Crippen LogP contribution < -0.4 is 15.4 Å². The van der Waals surface area contributed by atoms with Crippen molar-refractivity contribution in [3.63, 3.8) is 0 Å². The van der Waals surface area contributed by atoms with E-state index in [1.807, 2.05) is 30.3 Å². The lowest BCUT2D eigenvalue weighted by Gasteiger charge is -2.18. The average Bonchev–Trinajstić information content (AvgIpc) is 3.27. The van der Waals surface area contributed by atoms with Crippen LogP contribution in [0.4, 0.5) is 0 Å². The molecule has 0 fully saturated rings. The van der Waals surface area contributed by atoms with E-state index in [2.05, 4.69) is 53.3 Å². The third-order valence-electron chi connectivity index (χ3n) is 4.68. The number of ether oxygens (including phenoxy) is 1. The third kappa shape index (κ3) is 5.21. The monoisotopic (exact) mass is 394 g/mol.